The van der Waals surface area contributed by atoms with Gasteiger partial charge in [0, 0.05) is 0 Å². The van der Waals surface area contributed by atoms with Gasteiger partial charge in [0.05, 0.1) is 5.69 Å². The number of hydrogen-bond acceptors (Lipinski definition) is 3. The van der Waals surface area contributed by atoms with Crippen molar-refractivity contribution in [3.05, 3.63) is 25.8 Å². The number of hydrogen-bond donors (Lipinski definition) is 2. The van der Waals surface area contributed by atoms with Crippen LogP contribution in [-0.2, 0) is 4.79 Å². The summed E-state index contributed by atoms with van der Waals surface area (Å²) in [6.07, 6.45) is 0. The van der Waals surface area contributed by atoms with E-state index in [9.17, 15) is 9.59 Å². The summed E-state index contributed by atoms with van der Waals surface area (Å²) in [5.74, 6) is -1.90. The molecule has 0 aliphatic rings. The molecule has 0 aliphatic heterocycles. The fraction of sp³-hybridized carbons (Fsp3) is 0. The highest BCUT2D eigenvalue weighted by Gasteiger charge is 2.16. The van der Waals surface area contributed by atoms with Crippen molar-refractivity contribution < 1.29 is 14.7 Å². The van der Waals surface area contributed by atoms with Gasteiger partial charge in [-0.2, -0.15) is 0 Å². The molecule has 0 bridgehead atoms. The first kappa shape index (κ1) is 13.3. The summed E-state index contributed by atoms with van der Waals surface area (Å²) in [4.78, 5) is 22.1. The van der Waals surface area contributed by atoms with Gasteiger partial charge in [0.2, 0.25) is 0 Å². The molecule has 8 heteroatoms. The Morgan fingerprint density at radius 2 is 1.94 bits per heavy atom. The molecule has 1 rings (SSSR count). The summed E-state index contributed by atoms with van der Waals surface area (Å²) in [5.41, 5.74) is 0.148. The predicted octanol–water partition coefficient (Wildman–Crippen LogP) is 3.27. The van der Waals surface area contributed by atoms with Gasteiger partial charge >= 0.3 is 5.97 Å². The fourth-order valence-electron chi connectivity index (χ4n) is 0.836. The van der Waals surface area contributed by atoms with Gasteiger partial charge in [0.25, 0.3) is 5.91 Å². The molecule has 0 unspecified atom stereocenters. The quantitative estimate of drug-likeness (QED) is 0.842. The SMILES string of the molecule is O=C(Nc1ccsc1C(=O)O)C(Cl)=C(Cl)Cl. The first-order chi connectivity index (χ1) is 7.43. The molecule has 2 N–H and O–H groups in total. The van der Waals surface area contributed by atoms with Gasteiger partial charge in [0.1, 0.15) is 14.4 Å². The lowest BCUT2D eigenvalue weighted by Gasteiger charge is -2.03. The van der Waals surface area contributed by atoms with Crippen molar-refractivity contribution in [3.8, 4) is 0 Å². The second-order valence-corrected chi connectivity index (χ2v) is 4.74. The minimum absolute atomic E-state index is 0.00325. The molecule has 0 aromatic carbocycles. The van der Waals surface area contributed by atoms with E-state index < -0.39 is 16.9 Å². The van der Waals surface area contributed by atoms with Crippen LogP contribution < -0.4 is 5.32 Å². The van der Waals surface area contributed by atoms with Gasteiger partial charge in [-0.05, 0) is 11.4 Å². The highest BCUT2D eigenvalue weighted by atomic mass is 35.5. The Morgan fingerprint density at radius 1 is 1.31 bits per heavy atom. The molecule has 86 valence electrons. The van der Waals surface area contributed by atoms with Crippen LogP contribution in [0, 0.1) is 0 Å². The summed E-state index contributed by atoms with van der Waals surface area (Å²) in [7, 11) is 0. The number of carbonyl (C=O) groups excluding carboxylic acids is 1. The lowest BCUT2D eigenvalue weighted by atomic mass is 10.4. The summed E-state index contributed by atoms with van der Waals surface area (Å²) in [5, 5.41) is 12.2. The first-order valence-electron chi connectivity index (χ1n) is 3.76. The Morgan fingerprint density at radius 3 is 2.44 bits per heavy atom. The lowest BCUT2D eigenvalue weighted by Crippen LogP contribution is -2.13. The number of thiophene rings is 1. The minimum Gasteiger partial charge on any atom is -0.477 e. The van der Waals surface area contributed by atoms with Crippen LogP contribution in [0.5, 0.6) is 0 Å². The molecule has 0 radical (unpaired) electrons. The molecular formula is C8H4Cl3NO3S. The maximum atomic E-state index is 11.4. The first-order valence-corrected chi connectivity index (χ1v) is 5.77. The van der Waals surface area contributed by atoms with Crippen LogP contribution in [0.4, 0.5) is 5.69 Å². The molecule has 1 aromatic rings. The van der Waals surface area contributed by atoms with E-state index >= 15 is 0 Å². The van der Waals surface area contributed by atoms with E-state index in [0.717, 1.165) is 11.3 Å². The number of aromatic carboxylic acids is 1. The minimum atomic E-state index is -1.14. The highest BCUT2D eigenvalue weighted by molar-refractivity contribution is 7.12. The van der Waals surface area contributed by atoms with Gasteiger partial charge in [-0.15, -0.1) is 11.3 Å². The number of carboxylic acid groups (broad SMARTS) is 1. The smallest absolute Gasteiger partial charge is 0.348 e. The van der Waals surface area contributed by atoms with Crippen LogP contribution in [-0.4, -0.2) is 17.0 Å². The van der Waals surface area contributed by atoms with Gasteiger partial charge in [0.15, 0.2) is 0 Å². The van der Waals surface area contributed by atoms with Crippen molar-refractivity contribution in [2.75, 3.05) is 5.32 Å². The van der Waals surface area contributed by atoms with Crippen molar-refractivity contribution in [2.45, 2.75) is 0 Å². The highest BCUT2D eigenvalue weighted by Crippen LogP contribution is 2.24. The van der Waals surface area contributed by atoms with Crippen molar-refractivity contribution >= 4 is 63.7 Å². The number of halogens is 3. The molecule has 4 nitrogen and oxygen atoms in total. The Bertz CT molecular complexity index is 465. The summed E-state index contributed by atoms with van der Waals surface area (Å²) >= 11 is 17.1. The Kier molecular flexibility index (Phi) is 4.61. The van der Waals surface area contributed by atoms with E-state index in [2.05, 4.69) is 5.32 Å². The van der Waals surface area contributed by atoms with E-state index in [1.807, 2.05) is 0 Å². The summed E-state index contributed by atoms with van der Waals surface area (Å²) in [6, 6.07) is 1.44. The van der Waals surface area contributed by atoms with E-state index in [1.54, 1.807) is 0 Å². The monoisotopic (exact) mass is 299 g/mol. The number of nitrogens with one attached hydrogen (secondary N) is 1. The Balaban J connectivity index is 2.90. The fourth-order valence-corrected chi connectivity index (χ4v) is 1.74. The number of amides is 1. The zero-order valence-corrected chi connectivity index (χ0v) is 10.5. The standard InChI is InChI=1S/C8H4Cl3NO3S/c9-4(6(10)11)7(13)12-3-1-2-16-5(3)8(14)15/h1-2H,(H,12,13)(H,14,15). The van der Waals surface area contributed by atoms with Gasteiger partial charge in [-0.1, -0.05) is 34.8 Å². The third-order valence-electron chi connectivity index (χ3n) is 1.47. The summed E-state index contributed by atoms with van der Waals surface area (Å²) in [6.45, 7) is 0. The van der Waals surface area contributed by atoms with E-state index in [1.165, 1.54) is 11.4 Å². The van der Waals surface area contributed by atoms with Crippen molar-refractivity contribution in [1.82, 2.24) is 0 Å². The largest absolute Gasteiger partial charge is 0.477 e. The topological polar surface area (TPSA) is 66.4 Å². The van der Waals surface area contributed by atoms with Gasteiger partial charge < -0.3 is 10.4 Å². The van der Waals surface area contributed by atoms with Crippen LogP contribution >= 0.6 is 46.1 Å². The maximum Gasteiger partial charge on any atom is 0.348 e. The van der Waals surface area contributed by atoms with Crippen molar-refractivity contribution in [1.29, 1.82) is 0 Å². The molecule has 1 amide bonds. The van der Waals surface area contributed by atoms with E-state index in [-0.39, 0.29) is 15.1 Å². The van der Waals surface area contributed by atoms with E-state index in [4.69, 9.17) is 39.9 Å². The zero-order chi connectivity index (χ0) is 12.3. The lowest BCUT2D eigenvalue weighted by molar-refractivity contribution is -0.112. The van der Waals surface area contributed by atoms with Gasteiger partial charge in [-0.3, -0.25) is 4.79 Å². The molecule has 1 heterocycles. The average molecular weight is 301 g/mol. The van der Waals surface area contributed by atoms with Crippen LogP contribution in [0.15, 0.2) is 21.0 Å². The van der Waals surface area contributed by atoms with Crippen LogP contribution in [0.25, 0.3) is 0 Å². The number of carbonyl (C=O) groups is 2. The molecule has 0 aliphatic carbocycles. The maximum absolute atomic E-state index is 11.4. The number of anilines is 1. The summed E-state index contributed by atoms with van der Waals surface area (Å²) < 4.78 is -0.383. The number of rotatable bonds is 3. The van der Waals surface area contributed by atoms with Crippen LogP contribution in [0.3, 0.4) is 0 Å². The molecule has 0 atom stereocenters. The number of carboxylic acids is 1. The van der Waals surface area contributed by atoms with Crippen molar-refractivity contribution in [3.63, 3.8) is 0 Å². The molecule has 0 saturated heterocycles. The molecule has 0 fully saturated rings. The van der Waals surface area contributed by atoms with Crippen LogP contribution in [0.2, 0.25) is 0 Å². The van der Waals surface area contributed by atoms with E-state index in [0.29, 0.717) is 0 Å². The molecule has 1 aromatic heterocycles. The molecule has 0 saturated carbocycles. The second-order valence-electron chi connectivity index (χ2n) is 2.50. The normalized spacial score (nSPS) is 9.69. The third-order valence-corrected chi connectivity index (χ3v) is 3.31. The van der Waals surface area contributed by atoms with Crippen LogP contribution in [0.1, 0.15) is 9.67 Å². The zero-order valence-electron chi connectivity index (χ0n) is 7.46. The van der Waals surface area contributed by atoms with Gasteiger partial charge in [-0.25, -0.2) is 4.79 Å². The van der Waals surface area contributed by atoms with Crippen molar-refractivity contribution in [2.24, 2.45) is 0 Å². The molecular weight excluding hydrogens is 297 g/mol. The predicted molar refractivity (Wildman–Crippen MR) is 64.5 cm³/mol. The Labute approximate surface area is 109 Å². The molecule has 0 spiro atoms. The average Bonchev–Trinajstić information content (AvgIpc) is 2.64. The second kappa shape index (κ2) is 5.54. The third kappa shape index (κ3) is 3.12. The molecule has 16 heavy (non-hydrogen) atoms. The Hall–Kier alpha value is -0.750.